The van der Waals surface area contributed by atoms with Crippen molar-refractivity contribution in [3.05, 3.63) is 78.0 Å². The maximum absolute atomic E-state index is 13.2. The summed E-state index contributed by atoms with van der Waals surface area (Å²) in [4.78, 5) is -0.178. The molecule has 0 saturated carbocycles. The van der Waals surface area contributed by atoms with Crippen molar-refractivity contribution in [1.29, 1.82) is 0 Å². The summed E-state index contributed by atoms with van der Waals surface area (Å²) in [5.41, 5.74) is 0.613. The molecule has 0 bridgehead atoms. The summed E-state index contributed by atoms with van der Waals surface area (Å²) in [5, 5.41) is -1.34. The topological polar surface area (TPSA) is 103 Å². The molecule has 0 unspecified atom stereocenters. The van der Waals surface area contributed by atoms with E-state index < -0.39 is 37.5 Å². The number of nitrogens with one attached hydrogen (secondary N) is 1. The van der Waals surface area contributed by atoms with Gasteiger partial charge in [0.1, 0.15) is 22.6 Å². The maximum atomic E-state index is 13.2. The number of methoxy groups -OCH3 is 1. The molecule has 3 rings (SSSR count). The summed E-state index contributed by atoms with van der Waals surface area (Å²) < 4.78 is 77.6. The largest absolute Gasteiger partial charge is 0.496 e. The molecule has 0 fully saturated rings. The van der Waals surface area contributed by atoms with E-state index in [0.29, 0.717) is 11.3 Å². The molecule has 1 aromatic heterocycles. The number of rotatable bonds is 8. The van der Waals surface area contributed by atoms with Gasteiger partial charge in [-0.15, -0.1) is 0 Å². The van der Waals surface area contributed by atoms with E-state index in [1.54, 1.807) is 6.92 Å². The van der Waals surface area contributed by atoms with Gasteiger partial charge >= 0.3 is 0 Å². The van der Waals surface area contributed by atoms with Gasteiger partial charge in [-0.3, -0.25) is 0 Å². The number of ether oxygens (including phenoxy) is 1. The number of aryl methyl sites for hydroxylation is 1. The third-order valence-corrected chi connectivity index (χ3v) is 8.01. The molecule has 0 saturated heterocycles. The summed E-state index contributed by atoms with van der Waals surface area (Å²) in [6.07, 6.45) is 1.30. The Morgan fingerprint density at radius 2 is 1.70 bits per heavy atom. The standard InChI is InChI=1S/C20H20FNO6S2/c1-14-12-17(9-10-18(14)27-2)30(25,26)22-13-20(19-4-3-11-28-19)29(23,24)16-7-5-15(21)6-8-16/h3-12,20,22H,13H2,1-2H3/t20-/m0/s1. The number of furan rings is 1. The van der Waals surface area contributed by atoms with Gasteiger partial charge in [0.25, 0.3) is 0 Å². The fraction of sp³-hybridized carbons (Fsp3) is 0.200. The molecule has 1 atom stereocenters. The fourth-order valence-corrected chi connectivity index (χ4v) is 5.74. The number of sulfonamides is 1. The highest BCUT2D eigenvalue weighted by atomic mass is 32.2. The Kier molecular flexibility index (Phi) is 6.30. The zero-order valence-electron chi connectivity index (χ0n) is 16.2. The molecule has 7 nitrogen and oxygen atoms in total. The Balaban J connectivity index is 1.91. The van der Waals surface area contributed by atoms with Crippen LogP contribution in [-0.2, 0) is 19.9 Å². The van der Waals surface area contributed by atoms with Crippen LogP contribution in [0.1, 0.15) is 16.6 Å². The Hall–Kier alpha value is -2.69. The van der Waals surface area contributed by atoms with Gasteiger partial charge in [0.2, 0.25) is 10.0 Å². The van der Waals surface area contributed by atoms with Crippen LogP contribution in [-0.4, -0.2) is 30.5 Å². The van der Waals surface area contributed by atoms with Crippen molar-refractivity contribution >= 4 is 19.9 Å². The molecule has 1 N–H and O–H groups in total. The van der Waals surface area contributed by atoms with E-state index >= 15 is 0 Å². The van der Waals surface area contributed by atoms with Crippen LogP contribution in [0.5, 0.6) is 5.75 Å². The Labute approximate surface area is 174 Å². The molecular weight excluding hydrogens is 433 g/mol. The molecule has 0 radical (unpaired) electrons. The number of hydrogen-bond donors (Lipinski definition) is 1. The van der Waals surface area contributed by atoms with E-state index in [4.69, 9.17) is 9.15 Å². The van der Waals surface area contributed by atoms with Gasteiger partial charge < -0.3 is 9.15 Å². The van der Waals surface area contributed by atoms with E-state index in [1.807, 2.05) is 0 Å². The van der Waals surface area contributed by atoms with Crippen LogP contribution in [0.3, 0.4) is 0 Å². The van der Waals surface area contributed by atoms with Gasteiger partial charge in [0, 0.05) is 6.54 Å². The minimum Gasteiger partial charge on any atom is -0.496 e. The van der Waals surface area contributed by atoms with Crippen molar-refractivity contribution < 1.29 is 30.4 Å². The molecule has 30 heavy (non-hydrogen) atoms. The average Bonchev–Trinajstić information content (AvgIpc) is 3.22. The molecule has 0 aliphatic rings. The first-order valence-corrected chi connectivity index (χ1v) is 11.9. The van der Waals surface area contributed by atoms with Crippen LogP contribution in [0, 0.1) is 12.7 Å². The highest BCUT2D eigenvalue weighted by Gasteiger charge is 2.33. The van der Waals surface area contributed by atoms with E-state index in [2.05, 4.69) is 4.72 Å². The minimum absolute atomic E-state index is 0.0295. The summed E-state index contributed by atoms with van der Waals surface area (Å²) in [7, 11) is -6.61. The van der Waals surface area contributed by atoms with Gasteiger partial charge in [-0.2, -0.15) is 0 Å². The molecular formula is C20H20FNO6S2. The van der Waals surface area contributed by atoms with Gasteiger partial charge in [0.15, 0.2) is 9.84 Å². The molecule has 0 amide bonds. The van der Waals surface area contributed by atoms with E-state index in [0.717, 1.165) is 24.3 Å². The molecule has 1 heterocycles. The zero-order chi connectivity index (χ0) is 21.9. The normalized spacial score (nSPS) is 13.2. The third-order valence-electron chi connectivity index (χ3n) is 4.51. The molecule has 10 heteroatoms. The SMILES string of the molecule is COc1ccc(S(=O)(=O)NC[C@@H](c2ccco2)S(=O)(=O)c2ccc(F)cc2)cc1C. The van der Waals surface area contributed by atoms with E-state index in [1.165, 1.54) is 43.7 Å². The Morgan fingerprint density at radius 3 is 2.27 bits per heavy atom. The van der Waals surface area contributed by atoms with Crippen LogP contribution in [0.4, 0.5) is 4.39 Å². The lowest BCUT2D eigenvalue weighted by molar-refractivity contribution is 0.411. The third kappa shape index (κ3) is 4.55. The van der Waals surface area contributed by atoms with Crippen molar-refractivity contribution in [2.24, 2.45) is 0 Å². The van der Waals surface area contributed by atoms with Crippen LogP contribution >= 0.6 is 0 Å². The molecule has 0 spiro atoms. The van der Waals surface area contributed by atoms with E-state index in [9.17, 15) is 21.2 Å². The second kappa shape index (κ2) is 8.58. The second-order valence-corrected chi connectivity index (χ2v) is 10.4. The average molecular weight is 454 g/mol. The van der Waals surface area contributed by atoms with Crippen molar-refractivity contribution in [1.82, 2.24) is 4.72 Å². The van der Waals surface area contributed by atoms with Crippen LogP contribution < -0.4 is 9.46 Å². The second-order valence-electron chi connectivity index (χ2n) is 6.49. The summed E-state index contributed by atoms with van der Waals surface area (Å²) in [5.74, 6) is 0.00770. The molecule has 3 aromatic rings. The first-order valence-electron chi connectivity index (χ1n) is 8.82. The number of halogens is 1. The lowest BCUT2D eigenvalue weighted by atomic mass is 10.2. The highest BCUT2D eigenvalue weighted by molar-refractivity contribution is 7.92. The van der Waals surface area contributed by atoms with Gasteiger partial charge in [-0.25, -0.2) is 25.9 Å². The smallest absolute Gasteiger partial charge is 0.240 e. The molecule has 0 aliphatic carbocycles. The van der Waals surface area contributed by atoms with Crippen molar-refractivity contribution in [2.45, 2.75) is 22.0 Å². The predicted molar refractivity (Wildman–Crippen MR) is 108 cm³/mol. The van der Waals surface area contributed by atoms with E-state index in [-0.39, 0.29) is 15.6 Å². The van der Waals surface area contributed by atoms with Crippen molar-refractivity contribution in [3.8, 4) is 5.75 Å². The van der Waals surface area contributed by atoms with Crippen LogP contribution in [0.2, 0.25) is 0 Å². The predicted octanol–water partition coefficient (Wildman–Crippen LogP) is 3.23. The first-order chi connectivity index (χ1) is 14.1. The summed E-state index contributed by atoms with van der Waals surface area (Å²) in [6.45, 7) is 1.23. The van der Waals surface area contributed by atoms with Crippen molar-refractivity contribution in [2.75, 3.05) is 13.7 Å². The molecule has 2 aromatic carbocycles. The number of sulfone groups is 1. The Bertz CT molecular complexity index is 1220. The highest BCUT2D eigenvalue weighted by Crippen LogP contribution is 2.30. The number of hydrogen-bond acceptors (Lipinski definition) is 6. The quantitative estimate of drug-likeness (QED) is 0.526. The van der Waals surface area contributed by atoms with Crippen molar-refractivity contribution in [3.63, 3.8) is 0 Å². The van der Waals surface area contributed by atoms with Crippen LogP contribution in [0.25, 0.3) is 0 Å². The van der Waals surface area contributed by atoms with Gasteiger partial charge in [-0.05, 0) is 67.1 Å². The molecule has 0 aliphatic heterocycles. The molecule has 160 valence electrons. The monoisotopic (exact) mass is 453 g/mol. The lowest BCUT2D eigenvalue weighted by Crippen LogP contribution is -2.32. The fourth-order valence-electron chi connectivity index (χ4n) is 2.91. The Morgan fingerprint density at radius 1 is 1.03 bits per heavy atom. The zero-order valence-corrected chi connectivity index (χ0v) is 17.8. The van der Waals surface area contributed by atoms with Gasteiger partial charge in [-0.1, -0.05) is 0 Å². The minimum atomic E-state index is -4.07. The van der Waals surface area contributed by atoms with Crippen LogP contribution in [0.15, 0.2) is 75.1 Å². The van der Waals surface area contributed by atoms with Gasteiger partial charge in [0.05, 0.1) is 23.2 Å². The number of benzene rings is 2. The summed E-state index contributed by atoms with van der Waals surface area (Å²) >= 11 is 0. The maximum Gasteiger partial charge on any atom is 0.240 e. The lowest BCUT2D eigenvalue weighted by Gasteiger charge is -2.17. The summed E-state index contributed by atoms with van der Waals surface area (Å²) in [6, 6.07) is 11.6. The first kappa shape index (κ1) is 22.0.